The number of carbonyl (C=O) groups is 1. The summed E-state index contributed by atoms with van der Waals surface area (Å²) >= 11 is 0. The number of ether oxygens (including phenoxy) is 2. The van der Waals surface area contributed by atoms with Crippen LogP contribution >= 0.6 is 0 Å². The largest absolute Gasteiger partial charge is 0.356 e. The highest BCUT2D eigenvalue weighted by Gasteiger charge is 2.57. The van der Waals surface area contributed by atoms with Gasteiger partial charge in [-0.3, -0.25) is 4.79 Å². The van der Waals surface area contributed by atoms with E-state index < -0.39 is 18.2 Å². The molecule has 0 bridgehead atoms. The second-order valence-electron chi connectivity index (χ2n) is 6.65. The molecule has 6 heteroatoms. The van der Waals surface area contributed by atoms with Gasteiger partial charge in [-0.25, -0.2) is 4.99 Å². The van der Waals surface area contributed by atoms with Crippen molar-refractivity contribution in [3.8, 4) is 0 Å². The zero-order chi connectivity index (χ0) is 18.7. The van der Waals surface area contributed by atoms with Crippen molar-refractivity contribution in [3.05, 3.63) is 71.8 Å². The van der Waals surface area contributed by atoms with E-state index in [0.717, 1.165) is 24.9 Å². The first-order chi connectivity index (χ1) is 13.2. The molecule has 3 atom stereocenters. The number of unbranched alkanes of at least 4 members (excludes halogenated alkanes) is 1. The lowest BCUT2D eigenvalue weighted by atomic mass is 10.0. The topological polar surface area (TPSA) is 72.0 Å². The van der Waals surface area contributed by atoms with Crippen LogP contribution < -0.4 is 10.6 Å². The van der Waals surface area contributed by atoms with Crippen molar-refractivity contribution < 1.29 is 14.3 Å². The number of hydrogen-bond donors (Lipinski definition) is 2. The standard InChI is InChI=1S/C21H23N3O3/c1-2-3-14-22-20-23-19-21(24-20,16-12-8-5-9-13-16)27-18(26-19)17(25)15-10-6-4-7-11-15/h4-13,18-19H,2-3,14H2,1H3,(H2,22,23,24). The van der Waals surface area contributed by atoms with E-state index in [0.29, 0.717) is 11.5 Å². The molecule has 27 heavy (non-hydrogen) atoms. The molecule has 2 aromatic rings. The molecule has 140 valence electrons. The number of aliphatic imine (C=N–C) groups is 1. The van der Waals surface area contributed by atoms with E-state index in [-0.39, 0.29) is 5.78 Å². The van der Waals surface area contributed by atoms with Crippen molar-refractivity contribution in [2.75, 3.05) is 6.54 Å². The maximum absolute atomic E-state index is 12.8. The molecule has 2 aromatic carbocycles. The predicted molar refractivity (Wildman–Crippen MR) is 102 cm³/mol. The fourth-order valence-electron chi connectivity index (χ4n) is 3.30. The van der Waals surface area contributed by atoms with Crippen molar-refractivity contribution in [2.45, 2.75) is 38.0 Å². The minimum absolute atomic E-state index is 0.210. The quantitative estimate of drug-likeness (QED) is 0.608. The second kappa shape index (κ2) is 7.50. The van der Waals surface area contributed by atoms with E-state index in [1.807, 2.05) is 48.5 Å². The fraction of sp³-hybridized carbons (Fsp3) is 0.333. The summed E-state index contributed by atoms with van der Waals surface area (Å²) in [5.41, 5.74) is 0.413. The lowest BCUT2D eigenvalue weighted by Gasteiger charge is -2.27. The van der Waals surface area contributed by atoms with Gasteiger partial charge in [-0.2, -0.15) is 0 Å². The normalized spacial score (nSPS) is 26.2. The molecule has 1 saturated heterocycles. The number of guanidine groups is 1. The Morgan fingerprint density at radius 2 is 1.85 bits per heavy atom. The van der Waals surface area contributed by atoms with Gasteiger partial charge < -0.3 is 20.1 Å². The van der Waals surface area contributed by atoms with Gasteiger partial charge >= 0.3 is 0 Å². The van der Waals surface area contributed by atoms with Gasteiger partial charge in [0.15, 0.2) is 5.96 Å². The monoisotopic (exact) mass is 365 g/mol. The Morgan fingerprint density at radius 1 is 1.15 bits per heavy atom. The molecule has 0 aromatic heterocycles. The number of carbonyl (C=O) groups excluding carboxylic acids is 1. The van der Waals surface area contributed by atoms with Crippen LogP contribution in [0.5, 0.6) is 0 Å². The lowest BCUT2D eigenvalue weighted by molar-refractivity contribution is -0.0747. The van der Waals surface area contributed by atoms with Crippen molar-refractivity contribution in [2.24, 2.45) is 4.99 Å². The number of fused-ring (bicyclic) bond motifs is 1. The lowest BCUT2D eigenvalue weighted by Crippen LogP contribution is -2.50. The van der Waals surface area contributed by atoms with E-state index in [1.165, 1.54) is 0 Å². The summed E-state index contributed by atoms with van der Waals surface area (Å²) in [5, 5.41) is 6.59. The number of nitrogens with zero attached hydrogens (tertiary/aromatic N) is 1. The van der Waals surface area contributed by atoms with Crippen molar-refractivity contribution >= 4 is 11.7 Å². The van der Waals surface area contributed by atoms with Crippen LogP contribution in [-0.2, 0) is 15.2 Å². The maximum atomic E-state index is 12.8. The first-order valence-corrected chi connectivity index (χ1v) is 9.31. The number of Topliss-reactive ketones (excluding diaryl/α,β-unsaturated/α-hetero) is 1. The van der Waals surface area contributed by atoms with Crippen molar-refractivity contribution in [3.63, 3.8) is 0 Å². The molecule has 0 radical (unpaired) electrons. The Kier molecular flexibility index (Phi) is 4.92. The molecule has 2 heterocycles. The minimum atomic E-state index is -1.01. The third kappa shape index (κ3) is 3.34. The highest BCUT2D eigenvalue weighted by molar-refractivity contribution is 5.99. The van der Waals surface area contributed by atoms with Gasteiger partial charge in [0.2, 0.25) is 24.0 Å². The third-order valence-corrected chi connectivity index (χ3v) is 4.74. The third-order valence-electron chi connectivity index (χ3n) is 4.74. The first-order valence-electron chi connectivity index (χ1n) is 9.31. The smallest absolute Gasteiger partial charge is 0.227 e. The summed E-state index contributed by atoms with van der Waals surface area (Å²) in [4.78, 5) is 17.4. The van der Waals surface area contributed by atoms with Crippen LogP contribution in [0.2, 0.25) is 0 Å². The predicted octanol–water partition coefficient (Wildman–Crippen LogP) is 2.77. The van der Waals surface area contributed by atoms with Gasteiger partial charge in [0, 0.05) is 17.7 Å². The van der Waals surface area contributed by atoms with Crippen LogP contribution in [0.1, 0.15) is 35.7 Å². The Hall–Kier alpha value is -2.70. The van der Waals surface area contributed by atoms with Gasteiger partial charge in [-0.1, -0.05) is 74.0 Å². The van der Waals surface area contributed by atoms with Gasteiger partial charge in [0.1, 0.15) is 0 Å². The molecule has 1 fully saturated rings. The summed E-state index contributed by atoms with van der Waals surface area (Å²) in [7, 11) is 0. The number of nitrogens with one attached hydrogen (secondary N) is 2. The van der Waals surface area contributed by atoms with E-state index in [4.69, 9.17) is 9.47 Å². The Balaban J connectivity index is 1.59. The summed E-state index contributed by atoms with van der Waals surface area (Å²) in [5.74, 6) is 0.417. The molecule has 2 N–H and O–H groups in total. The number of hydrogen-bond acceptors (Lipinski definition) is 6. The highest BCUT2D eigenvalue weighted by atomic mass is 16.8. The minimum Gasteiger partial charge on any atom is -0.356 e. The van der Waals surface area contributed by atoms with Crippen LogP contribution in [0.4, 0.5) is 0 Å². The average Bonchev–Trinajstić information content (AvgIpc) is 3.24. The highest BCUT2D eigenvalue weighted by Crippen LogP contribution is 2.41. The van der Waals surface area contributed by atoms with Gasteiger partial charge in [-0.15, -0.1) is 0 Å². The molecule has 4 rings (SSSR count). The van der Waals surface area contributed by atoms with E-state index >= 15 is 0 Å². The van der Waals surface area contributed by atoms with Crippen LogP contribution in [-0.4, -0.2) is 30.8 Å². The molecule has 0 amide bonds. The first kappa shape index (κ1) is 17.7. The molecule has 6 nitrogen and oxygen atoms in total. The van der Waals surface area contributed by atoms with Crippen molar-refractivity contribution in [1.29, 1.82) is 0 Å². The zero-order valence-corrected chi connectivity index (χ0v) is 15.2. The molecule has 0 spiro atoms. The van der Waals surface area contributed by atoms with Crippen LogP contribution in [0.3, 0.4) is 0 Å². The zero-order valence-electron chi connectivity index (χ0n) is 15.2. The number of benzene rings is 2. The molecule has 0 saturated carbocycles. The summed E-state index contributed by atoms with van der Waals surface area (Å²) in [6, 6.07) is 18.7. The van der Waals surface area contributed by atoms with E-state index in [9.17, 15) is 4.79 Å². The Labute approximate surface area is 158 Å². The maximum Gasteiger partial charge on any atom is 0.227 e. The van der Waals surface area contributed by atoms with Crippen molar-refractivity contribution in [1.82, 2.24) is 10.6 Å². The van der Waals surface area contributed by atoms with Crippen LogP contribution in [0.25, 0.3) is 0 Å². The SMILES string of the molecule is CCCCNC1=NC2OC(C(=O)c3ccccc3)OC2(c2ccccc2)N1. The van der Waals surface area contributed by atoms with Gasteiger partial charge in [0.05, 0.1) is 0 Å². The molecular formula is C21H23N3O3. The second-order valence-corrected chi connectivity index (χ2v) is 6.65. The summed E-state index contributed by atoms with van der Waals surface area (Å²) < 4.78 is 12.1. The van der Waals surface area contributed by atoms with E-state index in [1.54, 1.807) is 12.1 Å². The average molecular weight is 365 g/mol. The van der Waals surface area contributed by atoms with Crippen LogP contribution in [0.15, 0.2) is 65.7 Å². The van der Waals surface area contributed by atoms with Gasteiger partial charge in [-0.05, 0) is 6.42 Å². The fourth-order valence-corrected chi connectivity index (χ4v) is 3.30. The number of ketones is 1. The molecule has 2 aliphatic heterocycles. The molecule has 0 aliphatic carbocycles. The van der Waals surface area contributed by atoms with E-state index in [2.05, 4.69) is 22.5 Å². The number of rotatable bonds is 6. The summed E-state index contributed by atoms with van der Waals surface area (Å²) in [6.07, 6.45) is 0.488. The molecule has 3 unspecified atom stereocenters. The molecular weight excluding hydrogens is 342 g/mol. The summed E-state index contributed by atoms with van der Waals surface area (Å²) in [6.45, 7) is 2.95. The van der Waals surface area contributed by atoms with Crippen LogP contribution in [0, 0.1) is 0 Å². The Morgan fingerprint density at radius 3 is 2.56 bits per heavy atom. The Bertz CT molecular complexity index is 825. The van der Waals surface area contributed by atoms with Gasteiger partial charge in [0.25, 0.3) is 0 Å². The molecule has 2 aliphatic rings.